The van der Waals surface area contributed by atoms with Gasteiger partial charge in [0.15, 0.2) is 5.78 Å². The van der Waals surface area contributed by atoms with Crippen LogP contribution in [0.4, 0.5) is 0 Å². The molecule has 0 radical (unpaired) electrons. The van der Waals surface area contributed by atoms with E-state index in [9.17, 15) is 22.8 Å². The number of unbranched alkanes of at least 4 members (excludes halogenated alkanes) is 1. The van der Waals surface area contributed by atoms with E-state index in [-0.39, 0.29) is 12.2 Å². The lowest BCUT2D eigenvalue weighted by molar-refractivity contribution is -0.128. The molecule has 33 heavy (non-hydrogen) atoms. The lowest BCUT2D eigenvalue weighted by Crippen LogP contribution is -2.36. The Bertz CT molecular complexity index is 1060. The van der Waals surface area contributed by atoms with Gasteiger partial charge in [0, 0.05) is 11.3 Å². The first kappa shape index (κ1) is 26.5. The molecule has 0 aliphatic heterocycles. The molecule has 1 aromatic heterocycles. The van der Waals surface area contributed by atoms with E-state index in [4.69, 9.17) is 4.74 Å². The van der Waals surface area contributed by atoms with Crippen molar-refractivity contribution in [2.24, 2.45) is 0 Å². The number of aryl methyl sites for hydroxylation is 1. The lowest BCUT2D eigenvalue weighted by Gasteiger charge is -2.19. The van der Waals surface area contributed by atoms with Gasteiger partial charge in [0.1, 0.15) is 12.2 Å². The van der Waals surface area contributed by atoms with Gasteiger partial charge in [-0.2, -0.15) is 0 Å². The number of ketones is 1. The second-order valence-corrected chi connectivity index (χ2v) is 10.5. The Labute approximate surface area is 198 Å². The van der Waals surface area contributed by atoms with Gasteiger partial charge in [-0.05, 0) is 42.7 Å². The van der Waals surface area contributed by atoms with Crippen molar-refractivity contribution in [1.82, 2.24) is 10.0 Å². The summed E-state index contributed by atoms with van der Waals surface area (Å²) >= 11 is 1.41. The number of nitrogens with one attached hydrogen (secondary N) is 2. The predicted molar refractivity (Wildman–Crippen MR) is 128 cm³/mol. The Hall–Kier alpha value is -2.72. The monoisotopic (exact) mass is 494 g/mol. The summed E-state index contributed by atoms with van der Waals surface area (Å²) in [5, 5.41) is 2.69. The molecule has 2 aromatic rings. The number of carbonyl (C=O) groups excluding carboxylic acids is 3. The third kappa shape index (κ3) is 9.35. The number of rotatable bonds is 13. The molecule has 0 fully saturated rings. The number of hydrogen-bond donors (Lipinski definition) is 2. The van der Waals surface area contributed by atoms with Gasteiger partial charge in [-0.3, -0.25) is 19.1 Å². The molecule has 8 nitrogen and oxygen atoms in total. The highest BCUT2D eigenvalue weighted by Crippen LogP contribution is 2.25. The first-order valence-electron chi connectivity index (χ1n) is 10.8. The maximum Gasteiger partial charge on any atom is 0.242 e. The van der Waals surface area contributed by atoms with Crippen LogP contribution in [0.2, 0.25) is 0 Å². The Morgan fingerprint density at radius 2 is 1.73 bits per heavy atom. The molecule has 1 unspecified atom stereocenters. The van der Waals surface area contributed by atoms with Crippen molar-refractivity contribution in [3.8, 4) is 5.75 Å². The number of sulfonamides is 1. The molecule has 1 heterocycles. The topological polar surface area (TPSA) is 119 Å². The number of carbonyl (C=O) groups is 3. The van der Waals surface area contributed by atoms with E-state index in [1.165, 1.54) is 11.3 Å². The van der Waals surface area contributed by atoms with Crippen LogP contribution in [-0.2, 0) is 26.0 Å². The van der Waals surface area contributed by atoms with Crippen LogP contribution in [0, 0.1) is 0 Å². The molecule has 1 atom stereocenters. The molecule has 180 valence electrons. The summed E-state index contributed by atoms with van der Waals surface area (Å²) in [7, 11) is -3.77. The van der Waals surface area contributed by atoms with Gasteiger partial charge in [0.05, 0.1) is 23.8 Å². The maximum absolute atomic E-state index is 12.9. The first-order valence-corrected chi connectivity index (χ1v) is 13.5. The second-order valence-electron chi connectivity index (χ2n) is 7.61. The molecule has 2 N–H and O–H groups in total. The fraction of sp³-hybridized carbons (Fsp3) is 0.435. The maximum atomic E-state index is 12.9. The van der Waals surface area contributed by atoms with E-state index in [0.717, 1.165) is 30.4 Å². The van der Waals surface area contributed by atoms with E-state index in [1.807, 2.05) is 13.0 Å². The van der Waals surface area contributed by atoms with Crippen molar-refractivity contribution in [3.05, 3.63) is 51.7 Å². The van der Waals surface area contributed by atoms with Crippen LogP contribution < -0.4 is 14.8 Å². The summed E-state index contributed by atoms with van der Waals surface area (Å²) < 4.78 is 29.8. The lowest BCUT2D eigenvalue weighted by atomic mass is 10.00. The van der Waals surface area contributed by atoms with Crippen LogP contribution in [0.5, 0.6) is 5.75 Å². The molecular weight excluding hydrogens is 464 g/mol. The Morgan fingerprint density at radius 1 is 1.03 bits per heavy atom. The highest BCUT2D eigenvalue weighted by Gasteiger charge is 2.22. The summed E-state index contributed by atoms with van der Waals surface area (Å²) in [6, 6.07) is 10.1. The van der Waals surface area contributed by atoms with Gasteiger partial charge in [-0.25, -0.2) is 8.42 Å². The third-order valence-corrected chi connectivity index (χ3v) is 6.55. The van der Waals surface area contributed by atoms with Crippen LogP contribution in [-0.4, -0.2) is 38.9 Å². The van der Waals surface area contributed by atoms with Gasteiger partial charge in [0.2, 0.25) is 21.8 Å². The van der Waals surface area contributed by atoms with E-state index in [2.05, 4.69) is 12.2 Å². The van der Waals surface area contributed by atoms with Crippen LogP contribution >= 0.6 is 11.3 Å². The molecule has 0 spiro atoms. The van der Waals surface area contributed by atoms with E-state index in [1.54, 1.807) is 35.1 Å². The summed E-state index contributed by atoms with van der Waals surface area (Å²) in [4.78, 5) is 38.8. The number of amides is 2. The molecule has 0 saturated carbocycles. The normalized spacial score (nSPS) is 12.1. The summed E-state index contributed by atoms with van der Waals surface area (Å²) in [5.41, 5.74) is 0.676. The molecule has 10 heteroatoms. The molecule has 0 bridgehead atoms. The summed E-state index contributed by atoms with van der Waals surface area (Å²) in [6.45, 7) is 4.68. The zero-order valence-electron chi connectivity index (χ0n) is 19.1. The van der Waals surface area contributed by atoms with Crippen molar-refractivity contribution >= 4 is 39.0 Å². The quantitative estimate of drug-likeness (QED) is 0.250. The van der Waals surface area contributed by atoms with Gasteiger partial charge in [-0.1, -0.05) is 32.4 Å². The van der Waals surface area contributed by atoms with Gasteiger partial charge in [0.25, 0.3) is 0 Å². The van der Waals surface area contributed by atoms with Crippen molar-refractivity contribution in [2.45, 2.75) is 52.0 Å². The first-order chi connectivity index (χ1) is 15.6. The van der Waals surface area contributed by atoms with Gasteiger partial charge in [-0.15, -0.1) is 11.3 Å². The van der Waals surface area contributed by atoms with Crippen molar-refractivity contribution in [1.29, 1.82) is 0 Å². The van der Waals surface area contributed by atoms with Crippen molar-refractivity contribution in [2.75, 3.05) is 12.9 Å². The Balaban J connectivity index is 2.15. The predicted octanol–water partition coefficient (Wildman–Crippen LogP) is 3.39. The number of thiophene rings is 1. The summed E-state index contributed by atoms with van der Waals surface area (Å²) in [5.74, 6) is -1.07. The highest BCUT2D eigenvalue weighted by atomic mass is 32.2. The SMILES string of the molecule is CCCCOc1ccc(C(CC(=O)c2ccc(CC)s2)NC(=O)CC(=O)NS(C)(=O)=O)cc1. The fourth-order valence-corrected chi connectivity index (χ4v) is 4.40. The molecular formula is C23H30N2O6S2. The number of benzene rings is 1. The molecule has 1 aromatic carbocycles. The molecule has 2 amide bonds. The van der Waals surface area contributed by atoms with Crippen LogP contribution in [0.3, 0.4) is 0 Å². The fourth-order valence-electron chi connectivity index (χ4n) is 3.02. The molecule has 0 aliphatic rings. The summed E-state index contributed by atoms with van der Waals surface area (Å²) in [6.07, 6.45) is 2.94. The minimum absolute atomic E-state index is 0.000852. The standard InChI is InChI=1S/C23H30N2O6S2/c1-4-6-13-31-17-9-7-16(8-10-17)19(14-20(26)21-12-11-18(5-2)32-21)24-22(27)15-23(28)25-33(3,29)30/h7-12,19H,4-6,13-15H2,1-3H3,(H,24,27)(H,25,28). The zero-order valence-corrected chi connectivity index (χ0v) is 20.7. The molecule has 2 rings (SSSR count). The van der Waals surface area contributed by atoms with E-state index >= 15 is 0 Å². The minimum Gasteiger partial charge on any atom is -0.494 e. The average molecular weight is 495 g/mol. The van der Waals surface area contributed by atoms with Crippen molar-refractivity contribution < 1.29 is 27.5 Å². The van der Waals surface area contributed by atoms with Gasteiger partial charge < -0.3 is 10.1 Å². The van der Waals surface area contributed by atoms with Crippen LogP contribution in [0.15, 0.2) is 36.4 Å². The third-order valence-electron chi connectivity index (χ3n) is 4.68. The minimum atomic E-state index is -3.77. The van der Waals surface area contributed by atoms with Crippen LogP contribution in [0.1, 0.15) is 65.7 Å². The Morgan fingerprint density at radius 3 is 2.30 bits per heavy atom. The van der Waals surface area contributed by atoms with Crippen LogP contribution in [0.25, 0.3) is 0 Å². The highest BCUT2D eigenvalue weighted by molar-refractivity contribution is 7.89. The number of Topliss-reactive ketones (excluding diaryl/α,β-unsaturated/α-hetero) is 1. The van der Waals surface area contributed by atoms with Gasteiger partial charge >= 0.3 is 0 Å². The Kier molecular flexibility index (Phi) is 10.1. The average Bonchev–Trinajstić information content (AvgIpc) is 3.22. The van der Waals surface area contributed by atoms with Crippen molar-refractivity contribution in [3.63, 3.8) is 0 Å². The molecule has 0 saturated heterocycles. The zero-order chi connectivity index (χ0) is 24.4. The largest absolute Gasteiger partial charge is 0.494 e. The molecule has 0 aliphatic carbocycles. The smallest absolute Gasteiger partial charge is 0.242 e. The second kappa shape index (κ2) is 12.5. The van der Waals surface area contributed by atoms with E-state index < -0.39 is 34.3 Å². The number of hydrogen-bond acceptors (Lipinski definition) is 7. The number of ether oxygens (including phenoxy) is 1. The van der Waals surface area contributed by atoms with E-state index in [0.29, 0.717) is 22.8 Å².